The maximum absolute atomic E-state index is 2.64. The number of nitrogens with zero attached hydrogens (tertiary/aromatic N) is 2. The van der Waals surface area contributed by atoms with Crippen molar-refractivity contribution in [3.05, 3.63) is 0 Å². The highest BCUT2D eigenvalue weighted by Gasteiger charge is 2.58. The Bertz CT molecular complexity index is 291. The summed E-state index contributed by atoms with van der Waals surface area (Å²) in [6, 6.07) is 0. The number of fused-ring (bicyclic) bond motifs is 1. The van der Waals surface area contributed by atoms with Gasteiger partial charge in [-0.1, -0.05) is 26.7 Å². The fourth-order valence-corrected chi connectivity index (χ4v) is 7.06. The number of hydrogen-bond donors (Lipinski definition) is 0. The van der Waals surface area contributed by atoms with Gasteiger partial charge in [0.2, 0.25) is 0 Å². The molecule has 2 saturated heterocycles. The molecule has 0 aromatic heterocycles. The van der Waals surface area contributed by atoms with Crippen LogP contribution in [-0.4, -0.2) is 31.0 Å². The third-order valence-corrected chi connectivity index (χ3v) is 7.03. The fourth-order valence-electron chi connectivity index (χ4n) is 3.52. The van der Waals surface area contributed by atoms with E-state index in [1.54, 1.807) is 0 Å². The highest BCUT2D eigenvalue weighted by atomic mass is 32.2. The van der Waals surface area contributed by atoms with E-state index in [0.717, 1.165) is 11.8 Å². The maximum Gasteiger partial charge on any atom is 0.0835 e. The third kappa shape index (κ3) is 2.05. The molecule has 0 spiro atoms. The van der Waals surface area contributed by atoms with Gasteiger partial charge in [0, 0.05) is 0 Å². The predicted octanol–water partition coefficient (Wildman–Crippen LogP) is 4.19. The predicted molar refractivity (Wildman–Crippen MR) is 79.7 cm³/mol. The number of rotatable bonds is 3. The molecule has 2 unspecified atom stereocenters. The molecule has 2 aliphatic rings. The second kappa shape index (κ2) is 4.62. The molecule has 0 aromatic rings. The molecule has 0 bridgehead atoms. The zero-order chi connectivity index (χ0) is 12.8. The molecule has 2 aliphatic heterocycles. The largest absolute Gasteiger partial charge is 0.213 e. The highest BCUT2D eigenvalue weighted by Crippen LogP contribution is 2.59. The summed E-state index contributed by atoms with van der Waals surface area (Å²) < 4.78 is 0. The Hall–Kier alpha value is 0.620. The molecule has 2 rings (SSSR count). The molecule has 17 heavy (non-hydrogen) atoms. The minimum Gasteiger partial charge on any atom is -0.213 e. The van der Waals surface area contributed by atoms with Crippen molar-refractivity contribution in [3.63, 3.8) is 0 Å². The van der Waals surface area contributed by atoms with E-state index in [1.165, 1.54) is 12.8 Å². The van der Waals surface area contributed by atoms with Gasteiger partial charge in [0.05, 0.1) is 21.0 Å². The quantitative estimate of drug-likeness (QED) is 0.761. The van der Waals surface area contributed by atoms with E-state index in [4.69, 9.17) is 0 Å². The van der Waals surface area contributed by atoms with E-state index in [9.17, 15) is 0 Å². The van der Waals surface area contributed by atoms with Crippen LogP contribution in [-0.2, 0) is 0 Å². The number of thioether (sulfide) groups is 2. The molecular weight excluding hydrogens is 248 g/mol. The van der Waals surface area contributed by atoms with Crippen LogP contribution in [0.15, 0.2) is 0 Å². The van der Waals surface area contributed by atoms with Gasteiger partial charge in [-0.05, 0) is 33.6 Å². The van der Waals surface area contributed by atoms with Gasteiger partial charge in [0.15, 0.2) is 0 Å². The zero-order valence-corrected chi connectivity index (χ0v) is 13.6. The van der Waals surface area contributed by atoms with Crippen molar-refractivity contribution in [2.75, 3.05) is 5.88 Å². The Morgan fingerprint density at radius 3 is 2.35 bits per heavy atom. The van der Waals surface area contributed by atoms with Crippen LogP contribution in [0.3, 0.4) is 0 Å². The van der Waals surface area contributed by atoms with Crippen molar-refractivity contribution < 1.29 is 0 Å². The summed E-state index contributed by atoms with van der Waals surface area (Å²) in [4.78, 5) is 0.519. The van der Waals surface area contributed by atoms with Crippen LogP contribution in [0.4, 0.5) is 0 Å². The molecular formula is C13H26N2S2. The summed E-state index contributed by atoms with van der Waals surface area (Å²) in [5.74, 6) is 1.94. The molecule has 2 nitrogen and oxygen atoms in total. The normalized spacial score (nSPS) is 37.9. The molecule has 4 heteroatoms. The SMILES string of the molecule is CCC(CC)C1(C)SC(C)(C)N2C(C)SCN21. The lowest BCUT2D eigenvalue weighted by Gasteiger charge is -2.39. The average Bonchev–Trinajstić information content (AvgIpc) is 2.70. The molecule has 2 atom stereocenters. The Labute approximate surface area is 115 Å². The summed E-state index contributed by atoms with van der Waals surface area (Å²) in [6.07, 6.45) is 2.55. The molecule has 0 aliphatic carbocycles. The van der Waals surface area contributed by atoms with Gasteiger partial charge < -0.3 is 0 Å². The first-order valence-corrected chi connectivity index (χ1v) is 8.62. The van der Waals surface area contributed by atoms with Gasteiger partial charge in [-0.25, -0.2) is 10.0 Å². The van der Waals surface area contributed by atoms with Crippen LogP contribution in [0.25, 0.3) is 0 Å². The average molecular weight is 274 g/mol. The lowest BCUT2D eigenvalue weighted by Crippen LogP contribution is -2.51. The van der Waals surface area contributed by atoms with E-state index in [2.05, 4.69) is 75.1 Å². The topological polar surface area (TPSA) is 6.48 Å². The highest BCUT2D eigenvalue weighted by molar-refractivity contribution is 8.03. The van der Waals surface area contributed by atoms with Crippen LogP contribution < -0.4 is 0 Å². The number of hydrogen-bond acceptors (Lipinski definition) is 4. The fraction of sp³-hybridized carbons (Fsp3) is 1.00. The van der Waals surface area contributed by atoms with E-state index in [0.29, 0.717) is 5.37 Å². The first-order valence-electron chi connectivity index (χ1n) is 6.75. The summed E-state index contributed by atoms with van der Waals surface area (Å²) in [7, 11) is 0. The van der Waals surface area contributed by atoms with Gasteiger partial charge in [-0.15, -0.1) is 23.5 Å². The van der Waals surface area contributed by atoms with Crippen LogP contribution >= 0.6 is 23.5 Å². The molecule has 0 aromatic carbocycles. The third-order valence-electron chi connectivity index (χ3n) is 4.31. The smallest absolute Gasteiger partial charge is 0.0835 e. The van der Waals surface area contributed by atoms with Crippen molar-refractivity contribution in [1.82, 2.24) is 10.0 Å². The molecule has 0 amide bonds. The van der Waals surface area contributed by atoms with Gasteiger partial charge >= 0.3 is 0 Å². The van der Waals surface area contributed by atoms with Gasteiger partial charge in [0.25, 0.3) is 0 Å². The minimum atomic E-state index is 0.236. The Morgan fingerprint density at radius 1 is 1.24 bits per heavy atom. The lowest BCUT2D eigenvalue weighted by molar-refractivity contribution is -0.0710. The molecule has 0 saturated carbocycles. The Balaban J connectivity index is 2.32. The van der Waals surface area contributed by atoms with Crippen molar-refractivity contribution in [1.29, 1.82) is 0 Å². The summed E-state index contributed by atoms with van der Waals surface area (Å²) in [5.41, 5.74) is 0. The van der Waals surface area contributed by atoms with Crippen molar-refractivity contribution >= 4 is 23.5 Å². The van der Waals surface area contributed by atoms with E-state index in [1.807, 2.05) is 0 Å². The summed E-state index contributed by atoms with van der Waals surface area (Å²) in [6.45, 7) is 14.2. The van der Waals surface area contributed by atoms with Crippen LogP contribution in [0.2, 0.25) is 0 Å². The van der Waals surface area contributed by atoms with E-state index >= 15 is 0 Å². The summed E-state index contributed by atoms with van der Waals surface area (Å²) in [5, 5.41) is 5.87. The van der Waals surface area contributed by atoms with Gasteiger partial charge in [0.1, 0.15) is 0 Å². The van der Waals surface area contributed by atoms with Crippen LogP contribution in [0.1, 0.15) is 54.4 Å². The number of hydrazine groups is 1. The maximum atomic E-state index is 2.64. The molecule has 0 radical (unpaired) electrons. The van der Waals surface area contributed by atoms with E-state index in [-0.39, 0.29) is 9.74 Å². The van der Waals surface area contributed by atoms with Crippen molar-refractivity contribution in [2.45, 2.75) is 69.5 Å². The second-order valence-electron chi connectivity index (χ2n) is 5.76. The zero-order valence-electron chi connectivity index (χ0n) is 12.0. The molecule has 0 N–H and O–H groups in total. The van der Waals surface area contributed by atoms with Crippen molar-refractivity contribution in [2.24, 2.45) is 5.92 Å². The summed E-state index contributed by atoms with van der Waals surface area (Å²) >= 11 is 4.23. The Kier molecular flexibility index (Phi) is 3.82. The first kappa shape index (κ1) is 14.0. The Morgan fingerprint density at radius 2 is 1.82 bits per heavy atom. The standard InChI is InChI=1S/C13H26N2S2/c1-7-11(8-2)13(6)14-9-16-10(3)15(14)12(4,5)17-13/h10-11H,7-9H2,1-6H3. The van der Waals surface area contributed by atoms with Crippen LogP contribution in [0.5, 0.6) is 0 Å². The first-order chi connectivity index (χ1) is 7.86. The van der Waals surface area contributed by atoms with Gasteiger partial charge in [-0.2, -0.15) is 0 Å². The molecule has 2 fully saturated rings. The lowest BCUT2D eigenvalue weighted by atomic mass is 9.94. The second-order valence-corrected chi connectivity index (χ2v) is 9.06. The van der Waals surface area contributed by atoms with Gasteiger partial charge in [-0.3, -0.25) is 0 Å². The molecule has 2 heterocycles. The van der Waals surface area contributed by atoms with Crippen LogP contribution in [0, 0.1) is 5.92 Å². The van der Waals surface area contributed by atoms with E-state index < -0.39 is 0 Å². The minimum absolute atomic E-state index is 0.236. The molecule has 100 valence electrons. The van der Waals surface area contributed by atoms with Crippen molar-refractivity contribution in [3.8, 4) is 0 Å². The monoisotopic (exact) mass is 274 g/mol.